The Morgan fingerprint density at radius 1 is 1.15 bits per heavy atom. The van der Waals surface area contributed by atoms with Crippen molar-refractivity contribution in [1.82, 2.24) is 4.98 Å². The second-order valence-corrected chi connectivity index (χ2v) is 5.56. The number of pyridine rings is 1. The molecule has 0 saturated heterocycles. The number of hydrogen-bond donors (Lipinski definition) is 0. The first kappa shape index (κ1) is 14.8. The van der Waals surface area contributed by atoms with Crippen molar-refractivity contribution in [2.45, 2.75) is 5.51 Å². The SMILES string of the molecule is O=S(=O)(Oc1cc2cc(Cl)c(F)cc2cn1)C(F)(F)F. The molecule has 0 aliphatic heterocycles. The third-order valence-corrected chi connectivity index (χ3v) is 3.46. The van der Waals surface area contributed by atoms with Crippen LogP contribution >= 0.6 is 11.6 Å². The second-order valence-electron chi connectivity index (χ2n) is 3.62. The number of hydrogen-bond acceptors (Lipinski definition) is 4. The van der Waals surface area contributed by atoms with Crippen LogP contribution in [-0.4, -0.2) is 18.9 Å². The van der Waals surface area contributed by atoms with Gasteiger partial charge in [0.15, 0.2) is 0 Å². The topological polar surface area (TPSA) is 56.3 Å². The fourth-order valence-electron chi connectivity index (χ4n) is 1.32. The number of aromatic nitrogens is 1. The Bertz CT molecular complexity index is 776. The van der Waals surface area contributed by atoms with E-state index in [-0.39, 0.29) is 15.8 Å². The van der Waals surface area contributed by atoms with Crippen molar-refractivity contribution in [1.29, 1.82) is 0 Å². The van der Waals surface area contributed by atoms with E-state index >= 15 is 0 Å². The molecule has 1 aromatic carbocycles. The summed E-state index contributed by atoms with van der Waals surface area (Å²) in [4.78, 5) is 3.37. The minimum atomic E-state index is -5.81. The molecule has 0 aliphatic rings. The van der Waals surface area contributed by atoms with Crippen molar-refractivity contribution in [3.05, 3.63) is 35.2 Å². The molecule has 0 aliphatic carbocycles. The highest BCUT2D eigenvalue weighted by atomic mass is 35.5. The largest absolute Gasteiger partial charge is 0.534 e. The van der Waals surface area contributed by atoms with E-state index in [4.69, 9.17) is 11.6 Å². The monoisotopic (exact) mass is 329 g/mol. The first-order valence-corrected chi connectivity index (χ1v) is 6.64. The van der Waals surface area contributed by atoms with Gasteiger partial charge in [-0.25, -0.2) is 9.37 Å². The first-order chi connectivity index (χ1) is 9.10. The lowest BCUT2D eigenvalue weighted by Crippen LogP contribution is -2.28. The van der Waals surface area contributed by atoms with E-state index in [0.717, 1.165) is 24.4 Å². The van der Waals surface area contributed by atoms with E-state index in [2.05, 4.69) is 9.17 Å². The van der Waals surface area contributed by atoms with Crippen LogP contribution < -0.4 is 4.18 Å². The van der Waals surface area contributed by atoms with Crippen molar-refractivity contribution >= 4 is 32.5 Å². The predicted octanol–water partition coefficient (Wildman–Crippen LogP) is 3.26. The van der Waals surface area contributed by atoms with Crippen LogP contribution in [0.3, 0.4) is 0 Å². The van der Waals surface area contributed by atoms with E-state index < -0.39 is 27.3 Å². The Hall–Kier alpha value is -1.61. The van der Waals surface area contributed by atoms with Gasteiger partial charge in [0.2, 0.25) is 5.88 Å². The van der Waals surface area contributed by atoms with Crippen LogP contribution in [0.1, 0.15) is 0 Å². The van der Waals surface area contributed by atoms with Crippen LogP contribution in [0.5, 0.6) is 5.88 Å². The molecule has 0 saturated carbocycles. The molecule has 0 unspecified atom stereocenters. The molecular weight excluding hydrogens is 326 g/mol. The van der Waals surface area contributed by atoms with Crippen LogP contribution in [0.4, 0.5) is 17.6 Å². The minimum absolute atomic E-state index is 0.179. The maximum atomic E-state index is 13.1. The van der Waals surface area contributed by atoms with Crippen molar-refractivity contribution in [3.63, 3.8) is 0 Å². The quantitative estimate of drug-likeness (QED) is 0.482. The summed E-state index contributed by atoms with van der Waals surface area (Å²) in [5, 5.41) is 0.135. The standard InChI is InChI=1S/C10H4ClF4NO3S/c11-7-1-5-3-9(16-4-6(5)2-8(7)12)19-20(17,18)10(13,14)15/h1-4H. The Kier molecular flexibility index (Phi) is 3.51. The third kappa shape index (κ3) is 2.78. The van der Waals surface area contributed by atoms with Crippen molar-refractivity contribution in [2.75, 3.05) is 0 Å². The Morgan fingerprint density at radius 2 is 1.80 bits per heavy atom. The number of halogens is 5. The van der Waals surface area contributed by atoms with Crippen LogP contribution in [0.15, 0.2) is 24.4 Å². The average molecular weight is 330 g/mol. The molecule has 0 radical (unpaired) electrons. The highest BCUT2D eigenvalue weighted by Gasteiger charge is 2.48. The number of fused-ring (bicyclic) bond motifs is 1. The van der Waals surface area contributed by atoms with Crippen LogP contribution in [0.25, 0.3) is 10.8 Å². The van der Waals surface area contributed by atoms with Crippen LogP contribution in [0, 0.1) is 5.82 Å². The fraction of sp³-hybridized carbons (Fsp3) is 0.100. The summed E-state index contributed by atoms with van der Waals surface area (Å²) >= 11 is 5.51. The van der Waals surface area contributed by atoms with Gasteiger partial charge in [-0.3, -0.25) is 0 Å². The molecule has 0 atom stereocenters. The zero-order valence-electron chi connectivity index (χ0n) is 9.28. The van der Waals surface area contributed by atoms with Gasteiger partial charge in [0.05, 0.1) is 5.02 Å². The molecule has 10 heteroatoms. The first-order valence-electron chi connectivity index (χ1n) is 4.86. The maximum Gasteiger partial charge on any atom is 0.534 e. The Balaban J connectivity index is 2.45. The van der Waals surface area contributed by atoms with E-state index in [1.165, 1.54) is 0 Å². The van der Waals surface area contributed by atoms with Gasteiger partial charge in [-0.1, -0.05) is 11.6 Å². The zero-order chi connectivity index (χ0) is 15.1. The Labute approximate surface area is 115 Å². The molecule has 2 aromatic rings. The third-order valence-electron chi connectivity index (χ3n) is 2.21. The van der Waals surface area contributed by atoms with Gasteiger partial charge in [-0.2, -0.15) is 21.6 Å². The van der Waals surface area contributed by atoms with E-state index in [0.29, 0.717) is 0 Å². The lowest BCUT2D eigenvalue weighted by Gasteiger charge is -2.09. The summed E-state index contributed by atoms with van der Waals surface area (Å²) in [5.41, 5.74) is -5.57. The molecule has 0 fully saturated rings. The summed E-state index contributed by atoms with van der Waals surface area (Å²) < 4.78 is 75.0. The molecule has 20 heavy (non-hydrogen) atoms. The number of alkyl halides is 3. The van der Waals surface area contributed by atoms with Gasteiger partial charge < -0.3 is 4.18 Å². The molecule has 0 spiro atoms. The summed E-state index contributed by atoms with van der Waals surface area (Å²) in [5.74, 6) is -1.53. The minimum Gasteiger partial charge on any atom is -0.355 e. The molecule has 4 nitrogen and oxygen atoms in total. The molecule has 108 valence electrons. The van der Waals surface area contributed by atoms with Gasteiger partial charge in [-0.05, 0) is 17.5 Å². The normalized spacial score (nSPS) is 12.7. The van der Waals surface area contributed by atoms with Crippen molar-refractivity contribution < 1.29 is 30.2 Å². The number of benzene rings is 1. The molecule has 1 aromatic heterocycles. The van der Waals surface area contributed by atoms with Crippen LogP contribution in [0.2, 0.25) is 5.02 Å². The van der Waals surface area contributed by atoms with Gasteiger partial charge >= 0.3 is 15.6 Å². The number of nitrogens with zero attached hydrogens (tertiary/aromatic N) is 1. The van der Waals surface area contributed by atoms with E-state index in [1.807, 2.05) is 0 Å². The summed E-state index contributed by atoms with van der Waals surface area (Å²) in [6.45, 7) is 0. The van der Waals surface area contributed by atoms with Crippen LogP contribution in [-0.2, 0) is 10.1 Å². The predicted molar refractivity (Wildman–Crippen MR) is 62.3 cm³/mol. The van der Waals surface area contributed by atoms with Gasteiger partial charge in [-0.15, -0.1) is 0 Å². The second kappa shape index (κ2) is 4.74. The van der Waals surface area contributed by atoms with Crippen molar-refractivity contribution in [2.24, 2.45) is 0 Å². The highest BCUT2D eigenvalue weighted by molar-refractivity contribution is 7.87. The molecule has 0 amide bonds. The molecular formula is C10H4ClF4NO3S. The zero-order valence-corrected chi connectivity index (χ0v) is 10.9. The molecule has 2 rings (SSSR count). The Morgan fingerprint density at radius 3 is 2.40 bits per heavy atom. The smallest absolute Gasteiger partial charge is 0.355 e. The maximum absolute atomic E-state index is 13.1. The van der Waals surface area contributed by atoms with Crippen molar-refractivity contribution in [3.8, 4) is 5.88 Å². The van der Waals surface area contributed by atoms with E-state index in [1.54, 1.807) is 0 Å². The lowest BCUT2D eigenvalue weighted by atomic mass is 10.2. The molecule has 0 N–H and O–H groups in total. The summed E-state index contributed by atoms with van der Waals surface area (Å²) in [7, 11) is -5.81. The van der Waals surface area contributed by atoms with Gasteiger partial charge in [0, 0.05) is 17.6 Å². The number of rotatable bonds is 2. The average Bonchev–Trinajstić information content (AvgIpc) is 2.29. The van der Waals surface area contributed by atoms with Gasteiger partial charge in [0.25, 0.3) is 0 Å². The summed E-state index contributed by atoms with van der Waals surface area (Å²) in [6.07, 6.45) is 0.968. The summed E-state index contributed by atoms with van der Waals surface area (Å²) in [6, 6.07) is 3.03. The molecule has 0 bridgehead atoms. The lowest BCUT2D eigenvalue weighted by molar-refractivity contribution is -0.0501. The fourth-order valence-corrected chi connectivity index (χ4v) is 1.91. The van der Waals surface area contributed by atoms with Gasteiger partial charge in [0.1, 0.15) is 5.82 Å². The highest BCUT2D eigenvalue weighted by Crippen LogP contribution is 2.29. The van der Waals surface area contributed by atoms with E-state index in [9.17, 15) is 26.0 Å². The molecule has 1 heterocycles.